The summed E-state index contributed by atoms with van der Waals surface area (Å²) in [6.07, 6.45) is 8.02. The number of hydrogen-bond acceptors (Lipinski definition) is 4. The van der Waals surface area contributed by atoms with Crippen LogP contribution in [0.3, 0.4) is 0 Å². The van der Waals surface area contributed by atoms with Gasteiger partial charge in [0.25, 0.3) is 0 Å². The fraction of sp³-hybridized carbons (Fsp3) is 0.682. The van der Waals surface area contributed by atoms with Crippen molar-refractivity contribution < 1.29 is 14.3 Å². The molecule has 3 atom stereocenters. The molecule has 0 spiro atoms. The molecule has 2 heterocycles. The van der Waals surface area contributed by atoms with Gasteiger partial charge in [-0.2, -0.15) is 0 Å². The second kappa shape index (κ2) is 8.51. The third-order valence-electron chi connectivity index (χ3n) is 6.32. The van der Waals surface area contributed by atoms with E-state index in [-0.39, 0.29) is 11.9 Å². The fourth-order valence-electron chi connectivity index (χ4n) is 4.75. The molecule has 0 bridgehead atoms. The van der Waals surface area contributed by atoms with Crippen molar-refractivity contribution in [2.75, 3.05) is 26.3 Å². The Balaban J connectivity index is 1.40. The van der Waals surface area contributed by atoms with E-state index in [1.54, 1.807) is 0 Å². The van der Waals surface area contributed by atoms with Crippen LogP contribution in [0.2, 0.25) is 0 Å². The Kier molecular flexibility index (Phi) is 5.86. The molecule has 0 aromatic heterocycles. The quantitative estimate of drug-likeness (QED) is 0.876. The summed E-state index contributed by atoms with van der Waals surface area (Å²) < 4.78 is 11.6. The van der Waals surface area contributed by atoms with Gasteiger partial charge in [-0.3, -0.25) is 9.69 Å². The Hall–Kier alpha value is -1.75. The number of carbonyl (C=O) groups is 1. The molecule has 1 aromatic rings. The van der Waals surface area contributed by atoms with Gasteiger partial charge in [-0.25, -0.2) is 0 Å². The highest BCUT2D eigenvalue weighted by Crippen LogP contribution is 2.37. The lowest BCUT2D eigenvalue weighted by atomic mass is 9.86. The molecule has 0 unspecified atom stereocenters. The number of ether oxygens (including phenoxy) is 2. The first kappa shape index (κ1) is 18.6. The average Bonchev–Trinajstić information content (AvgIpc) is 2.99. The molecule has 27 heavy (non-hydrogen) atoms. The zero-order chi connectivity index (χ0) is 18.6. The van der Waals surface area contributed by atoms with E-state index in [4.69, 9.17) is 9.47 Å². The second-order valence-electron chi connectivity index (χ2n) is 8.32. The van der Waals surface area contributed by atoms with Crippen LogP contribution in [0.1, 0.15) is 63.5 Å². The third-order valence-corrected chi connectivity index (χ3v) is 6.32. The highest BCUT2D eigenvalue weighted by atomic mass is 16.5. The van der Waals surface area contributed by atoms with Crippen molar-refractivity contribution in [1.82, 2.24) is 10.2 Å². The fourth-order valence-corrected chi connectivity index (χ4v) is 4.75. The van der Waals surface area contributed by atoms with Crippen LogP contribution in [0.5, 0.6) is 11.5 Å². The van der Waals surface area contributed by atoms with Crippen LogP contribution in [-0.4, -0.2) is 43.2 Å². The average molecular weight is 373 g/mol. The van der Waals surface area contributed by atoms with Crippen molar-refractivity contribution in [1.29, 1.82) is 0 Å². The second-order valence-corrected chi connectivity index (χ2v) is 8.32. The predicted molar refractivity (Wildman–Crippen MR) is 105 cm³/mol. The molecule has 148 valence electrons. The van der Waals surface area contributed by atoms with Gasteiger partial charge >= 0.3 is 0 Å². The molecule has 1 saturated carbocycles. The monoisotopic (exact) mass is 372 g/mol. The van der Waals surface area contributed by atoms with Crippen LogP contribution in [0.4, 0.5) is 0 Å². The molecule has 1 aromatic carbocycles. The minimum absolute atomic E-state index is 0.176. The molecule has 5 heteroatoms. The summed E-state index contributed by atoms with van der Waals surface area (Å²) >= 11 is 0. The van der Waals surface area contributed by atoms with Crippen molar-refractivity contribution in [2.24, 2.45) is 5.92 Å². The van der Waals surface area contributed by atoms with E-state index in [0.29, 0.717) is 31.7 Å². The lowest BCUT2D eigenvalue weighted by molar-refractivity contribution is -0.123. The summed E-state index contributed by atoms with van der Waals surface area (Å²) in [7, 11) is 0. The van der Waals surface area contributed by atoms with Gasteiger partial charge in [0.1, 0.15) is 0 Å². The van der Waals surface area contributed by atoms with Crippen molar-refractivity contribution in [3.8, 4) is 11.5 Å². The Bertz CT molecular complexity index is 663. The maximum atomic E-state index is 12.7. The van der Waals surface area contributed by atoms with Gasteiger partial charge in [-0.15, -0.1) is 0 Å². The molecule has 2 fully saturated rings. The van der Waals surface area contributed by atoms with E-state index >= 15 is 0 Å². The first-order valence-electron chi connectivity index (χ1n) is 10.6. The third kappa shape index (κ3) is 4.40. The summed E-state index contributed by atoms with van der Waals surface area (Å²) in [4.78, 5) is 15.0. The summed E-state index contributed by atoms with van der Waals surface area (Å²) in [6, 6.07) is 6.92. The maximum Gasteiger partial charge on any atom is 0.234 e. The molecule has 5 nitrogen and oxygen atoms in total. The van der Waals surface area contributed by atoms with E-state index < -0.39 is 0 Å². The van der Waals surface area contributed by atoms with Gasteiger partial charge in [-0.1, -0.05) is 25.8 Å². The zero-order valence-corrected chi connectivity index (χ0v) is 16.4. The lowest BCUT2D eigenvalue weighted by Crippen LogP contribution is -2.45. The number of carbonyl (C=O) groups excluding carboxylic acids is 1. The van der Waals surface area contributed by atoms with Crippen LogP contribution in [-0.2, 0) is 4.79 Å². The van der Waals surface area contributed by atoms with E-state index in [0.717, 1.165) is 43.7 Å². The maximum absolute atomic E-state index is 12.7. The van der Waals surface area contributed by atoms with Crippen molar-refractivity contribution >= 4 is 5.91 Å². The van der Waals surface area contributed by atoms with E-state index in [1.807, 2.05) is 6.07 Å². The van der Waals surface area contributed by atoms with Gasteiger partial charge < -0.3 is 14.8 Å². The number of rotatable bonds is 4. The number of benzene rings is 1. The molecule has 2 aliphatic heterocycles. The highest BCUT2D eigenvalue weighted by Gasteiger charge is 2.30. The number of nitrogens with zero attached hydrogens (tertiary/aromatic N) is 1. The first-order chi connectivity index (χ1) is 13.2. The van der Waals surface area contributed by atoms with Crippen LogP contribution in [0.15, 0.2) is 18.2 Å². The number of hydrogen-bond donors (Lipinski definition) is 1. The van der Waals surface area contributed by atoms with Crippen molar-refractivity contribution in [3.63, 3.8) is 0 Å². The Morgan fingerprint density at radius 2 is 1.89 bits per heavy atom. The minimum atomic E-state index is 0.176. The predicted octanol–water partition coefficient (Wildman–Crippen LogP) is 3.68. The minimum Gasteiger partial charge on any atom is -0.490 e. The van der Waals surface area contributed by atoms with Crippen molar-refractivity contribution in [3.05, 3.63) is 23.8 Å². The molecule has 0 radical (unpaired) electrons. The summed E-state index contributed by atoms with van der Waals surface area (Å²) in [6.45, 7) is 5.14. The van der Waals surface area contributed by atoms with Gasteiger partial charge in [0, 0.05) is 18.5 Å². The molecular formula is C22H32N2O3. The van der Waals surface area contributed by atoms with Gasteiger partial charge in [0.15, 0.2) is 11.5 Å². The summed E-state index contributed by atoms with van der Waals surface area (Å²) in [5.41, 5.74) is 1.23. The number of likely N-dealkylation sites (tertiary alicyclic amines) is 1. The smallest absolute Gasteiger partial charge is 0.234 e. The van der Waals surface area contributed by atoms with E-state index in [2.05, 4.69) is 29.3 Å². The van der Waals surface area contributed by atoms with Crippen LogP contribution in [0.25, 0.3) is 0 Å². The molecular weight excluding hydrogens is 340 g/mol. The Labute approximate surface area is 162 Å². The van der Waals surface area contributed by atoms with Gasteiger partial charge in [0.2, 0.25) is 5.91 Å². The van der Waals surface area contributed by atoms with E-state index in [1.165, 1.54) is 24.8 Å². The molecule has 1 N–H and O–H groups in total. The van der Waals surface area contributed by atoms with Crippen LogP contribution < -0.4 is 14.8 Å². The normalized spacial score (nSPS) is 28.6. The number of amides is 1. The largest absolute Gasteiger partial charge is 0.490 e. The number of nitrogens with one attached hydrogen (secondary N) is 1. The number of fused-ring (bicyclic) bond motifs is 1. The summed E-state index contributed by atoms with van der Waals surface area (Å²) in [5, 5.41) is 3.30. The highest BCUT2D eigenvalue weighted by molar-refractivity contribution is 5.78. The Morgan fingerprint density at radius 1 is 1.07 bits per heavy atom. The SMILES string of the molecule is C[C@@H]1CCCC[C@H]1NC(=O)CN1CCC[C@@H]1c1ccc2c(c1)OCCCO2. The molecule has 1 amide bonds. The summed E-state index contributed by atoms with van der Waals surface area (Å²) in [5.74, 6) is 2.45. The molecule has 3 aliphatic rings. The van der Waals surface area contributed by atoms with Gasteiger partial charge in [0.05, 0.1) is 19.8 Å². The van der Waals surface area contributed by atoms with Gasteiger partial charge in [-0.05, 0) is 55.8 Å². The molecule has 1 saturated heterocycles. The van der Waals surface area contributed by atoms with E-state index in [9.17, 15) is 4.79 Å². The topological polar surface area (TPSA) is 50.8 Å². The van der Waals surface area contributed by atoms with Crippen LogP contribution >= 0.6 is 0 Å². The standard InChI is InChI=1S/C22H32N2O3/c1-16-6-2-3-7-18(16)23-22(25)15-24-11-4-8-19(24)17-9-10-20-21(14-17)27-13-5-12-26-20/h9-10,14,16,18-19H,2-8,11-13,15H2,1H3,(H,23,25)/t16-,18-,19-/m1/s1. The Morgan fingerprint density at radius 3 is 2.74 bits per heavy atom. The van der Waals surface area contributed by atoms with Crippen molar-refractivity contribution in [2.45, 2.75) is 64.0 Å². The lowest BCUT2D eigenvalue weighted by Gasteiger charge is -2.31. The first-order valence-corrected chi connectivity index (χ1v) is 10.6. The molecule has 4 rings (SSSR count). The zero-order valence-electron chi connectivity index (χ0n) is 16.4. The van der Waals surface area contributed by atoms with Crippen LogP contribution in [0, 0.1) is 5.92 Å². The molecule has 1 aliphatic carbocycles.